The van der Waals surface area contributed by atoms with E-state index in [0.29, 0.717) is 30.3 Å². The molecule has 0 N–H and O–H groups in total. The summed E-state index contributed by atoms with van der Waals surface area (Å²) >= 11 is 0. The predicted molar refractivity (Wildman–Crippen MR) is 193 cm³/mol. The van der Waals surface area contributed by atoms with Gasteiger partial charge < -0.3 is 33.2 Å². The van der Waals surface area contributed by atoms with Crippen LogP contribution in [-0.4, -0.2) is 63.4 Å². The maximum atomic E-state index is 13.0. The standard InChI is InChI=1S/C41H38O12/c1-4-37(42)49-24-8-6-7-23-48-33-18-15-31(16-19-33)40(45)53-35-22-17-32(27-36(35)47-3)41(46)52-34-20-13-29(14-21-34)28-9-11-30(12-10-28)39(44)51-26-25-50-38(43)5-2/h4-5,9-22,27H,1-2,6-8,23-26H2,3H3. The van der Waals surface area contributed by atoms with Gasteiger partial charge in [-0.25, -0.2) is 24.0 Å². The largest absolute Gasteiger partial charge is 0.494 e. The maximum Gasteiger partial charge on any atom is 0.343 e. The summed E-state index contributed by atoms with van der Waals surface area (Å²) in [6, 6.07) is 24.3. The van der Waals surface area contributed by atoms with Gasteiger partial charge in [0.1, 0.15) is 24.7 Å². The van der Waals surface area contributed by atoms with Crippen LogP contribution in [0.1, 0.15) is 50.3 Å². The van der Waals surface area contributed by atoms with Gasteiger partial charge in [-0.15, -0.1) is 0 Å². The third-order valence-electron chi connectivity index (χ3n) is 7.41. The minimum Gasteiger partial charge on any atom is -0.494 e. The summed E-state index contributed by atoms with van der Waals surface area (Å²) in [5.74, 6) is -1.71. The molecule has 0 atom stereocenters. The van der Waals surface area contributed by atoms with E-state index in [1.807, 2.05) is 0 Å². The number of carbonyl (C=O) groups excluding carboxylic acids is 5. The molecule has 53 heavy (non-hydrogen) atoms. The van der Waals surface area contributed by atoms with Gasteiger partial charge in [0.25, 0.3) is 0 Å². The molecule has 12 nitrogen and oxygen atoms in total. The molecule has 0 saturated heterocycles. The summed E-state index contributed by atoms with van der Waals surface area (Å²) in [6.07, 6.45) is 4.46. The topological polar surface area (TPSA) is 150 Å². The van der Waals surface area contributed by atoms with Gasteiger partial charge >= 0.3 is 29.8 Å². The van der Waals surface area contributed by atoms with Crippen molar-refractivity contribution in [1.29, 1.82) is 0 Å². The van der Waals surface area contributed by atoms with Crippen molar-refractivity contribution >= 4 is 29.8 Å². The zero-order valence-electron chi connectivity index (χ0n) is 29.1. The molecule has 0 bridgehead atoms. The van der Waals surface area contributed by atoms with Crippen LogP contribution in [0.2, 0.25) is 0 Å². The summed E-state index contributed by atoms with van der Waals surface area (Å²) in [5.41, 5.74) is 2.42. The number of hydrogen-bond donors (Lipinski definition) is 0. The number of methoxy groups -OCH3 is 1. The fourth-order valence-electron chi connectivity index (χ4n) is 4.63. The number of esters is 5. The Morgan fingerprint density at radius 1 is 0.509 bits per heavy atom. The Bertz CT molecular complexity index is 1900. The molecule has 0 aliphatic heterocycles. The van der Waals surface area contributed by atoms with Crippen LogP contribution < -0.4 is 18.9 Å². The molecule has 0 aliphatic carbocycles. The smallest absolute Gasteiger partial charge is 0.343 e. The second-order valence-electron chi connectivity index (χ2n) is 11.1. The first-order valence-electron chi connectivity index (χ1n) is 16.5. The van der Waals surface area contributed by atoms with E-state index in [4.69, 9.17) is 33.2 Å². The molecule has 4 rings (SSSR count). The zero-order valence-corrected chi connectivity index (χ0v) is 29.1. The molecule has 0 amide bonds. The number of carbonyl (C=O) groups is 5. The van der Waals surface area contributed by atoms with Gasteiger partial charge in [0.05, 0.1) is 37.0 Å². The lowest BCUT2D eigenvalue weighted by Gasteiger charge is -2.12. The number of ether oxygens (including phenoxy) is 7. The highest BCUT2D eigenvalue weighted by atomic mass is 16.6. The second kappa shape index (κ2) is 20.2. The molecule has 0 saturated carbocycles. The molecule has 274 valence electrons. The van der Waals surface area contributed by atoms with Crippen LogP contribution in [0.15, 0.2) is 116 Å². The molecule has 0 unspecified atom stereocenters. The number of unbranched alkanes of at least 4 members (excludes halogenated alkanes) is 2. The molecular weight excluding hydrogens is 684 g/mol. The summed E-state index contributed by atoms with van der Waals surface area (Å²) in [4.78, 5) is 60.2. The predicted octanol–water partition coefficient (Wildman–Crippen LogP) is 6.96. The van der Waals surface area contributed by atoms with E-state index in [1.54, 1.807) is 72.8 Å². The monoisotopic (exact) mass is 722 g/mol. The third-order valence-corrected chi connectivity index (χ3v) is 7.41. The molecule has 0 fully saturated rings. The highest BCUT2D eigenvalue weighted by Gasteiger charge is 2.17. The Hall–Kier alpha value is -6.69. The van der Waals surface area contributed by atoms with Gasteiger partial charge in [0.15, 0.2) is 11.5 Å². The summed E-state index contributed by atoms with van der Waals surface area (Å²) in [6.45, 7) is 7.29. The Balaban J connectivity index is 1.25. The van der Waals surface area contributed by atoms with Gasteiger partial charge in [-0.3, -0.25) is 0 Å². The lowest BCUT2D eigenvalue weighted by Crippen LogP contribution is -2.12. The van der Waals surface area contributed by atoms with Crippen LogP contribution in [0, 0.1) is 0 Å². The first-order chi connectivity index (χ1) is 25.7. The Labute approximate surface area is 306 Å². The van der Waals surface area contributed by atoms with Gasteiger partial charge in [-0.1, -0.05) is 37.4 Å². The molecule has 0 heterocycles. The average molecular weight is 723 g/mol. The summed E-state index contributed by atoms with van der Waals surface area (Å²) in [5, 5.41) is 0. The molecular formula is C41H38O12. The van der Waals surface area contributed by atoms with Crippen molar-refractivity contribution in [1.82, 2.24) is 0 Å². The Kier molecular flexibility index (Phi) is 14.9. The van der Waals surface area contributed by atoms with Crippen molar-refractivity contribution in [3.8, 4) is 34.1 Å². The normalized spacial score (nSPS) is 10.3. The van der Waals surface area contributed by atoms with Crippen molar-refractivity contribution in [2.75, 3.05) is 33.5 Å². The number of benzene rings is 4. The first-order valence-corrected chi connectivity index (χ1v) is 16.5. The maximum absolute atomic E-state index is 13.0. The Morgan fingerprint density at radius 3 is 1.66 bits per heavy atom. The van der Waals surface area contributed by atoms with Crippen LogP contribution in [0.4, 0.5) is 0 Å². The van der Waals surface area contributed by atoms with Crippen LogP contribution in [0.25, 0.3) is 11.1 Å². The molecule has 4 aromatic rings. The van der Waals surface area contributed by atoms with E-state index in [9.17, 15) is 24.0 Å². The van der Waals surface area contributed by atoms with Crippen molar-refractivity contribution in [3.63, 3.8) is 0 Å². The van der Waals surface area contributed by atoms with E-state index in [2.05, 4.69) is 13.2 Å². The molecule has 0 aliphatic rings. The van der Waals surface area contributed by atoms with Crippen molar-refractivity contribution in [3.05, 3.63) is 133 Å². The van der Waals surface area contributed by atoms with E-state index in [-0.39, 0.29) is 35.8 Å². The fraction of sp³-hybridized carbons (Fsp3) is 0.195. The number of rotatable bonds is 19. The van der Waals surface area contributed by atoms with Gasteiger partial charge in [0.2, 0.25) is 0 Å². The van der Waals surface area contributed by atoms with Crippen molar-refractivity contribution < 1.29 is 57.1 Å². The Morgan fingerprint density at radius 2 is 1.02 bits per heavy atom. The van der Waals surface area contributed by atoms with Crippen LogP contribution in [0.5, 0.6) is 23.0 Å². The van der Waals surface area contributed by atoms with Crippen molar-refractivity contribution in [2.45, 2.75) is 19.3 Å². The summed E-state index contributed by atoms with van der Waals surface area (Å²) < 4.78 is 37.0. The van der Waals surface area contributed by atoms with Gasteiger partial charge in [-0.2, -0.15) is 0 Å². The zero-order chi connectivity index (χ0) is 38.0. The third kappa shape index (κ3) is 12.2. The molecule has 4 aromatic carbocycles. The molecule has 0 aromatic heterocycles. The van der Waals surface area contributed by atoms with E-state index < -0.39 is 29.8 Å². The SMILES string of the molecule is C=CC(=O)OCCCCCOc1ccc(C(=O)Oc2ccc(C(=O)Oc3ccc(-c4ccc(C(=O)OCCOC(=O)C=C)cc4)cc3)cc2OC)cc1. The number of hydrogen-bond acceptors (Lipinski definition) is 12. The van der Waals surface area contributed by atoms with Crippen LogP contribution in [0.3, 0.4) is 0 Å². The highest BCUT2D eigenvalue weighted by Crippen LogP contribution is 2.30. The van der Waals surface area contributed by atoms with Crippen LogP contribution >= 0.6 is 0 Å². The quantitative estimate of drug-likeness (QED) is 0.0324. The summed E-state index contributed by atoms with van der Waals surface area (Å²) in [7, 11) is 1.39. The highest BCUT2D eigenvalue weighted by molar-refractivity contribution is 5.94. The molecule has 12 heteroatoms. The second-order valence-corrected chi connectivity index (χ2v) is 11.1. The van der Waals surface area contributed by atoms with E-state index in [0.717, 1.165) is 42.5 Å². The lowest BCUT2D eigenvalue weighted by molar-refractivity contribution is -0.139. The lowest BCUT2D eigenvalue weighted by atomic mass is 10.0. The minimum absolute atomic E-state index is 0.0726. The van der Waals surface area contributed by atoms with E-state index in [1.165, 1.54) is 25.3 Å². The molecule has 0 spiro atoms. The van der Waals surface area contributed by atoms with Crippen LogP contribution in [-0.2, 0) is 23.8 Å². The average Bonchev–Trinajstić information content (AvgIpc) is 3.19. The van der Waals surface area contributed by atoms with Gasteiger partial charge in [0, 0.05) is 12.2 Å². The first kappa shape index (κ1) is 39.1. The van der Waals surface area contributed by atoms with Gasteiger partial charge in [-0.05, 0) is 97.1 Å². The van der Waals surface area contributed by atoms with Crippen molar-refractivity contribution in [2.24, 2.45) is 0 Å². The fourth-order valence-corrected chi connectivity index (χ4v) is 4.63. The molecule has 0 radical (unpaired) electrons. The minimum atomic E-state index is -0.650. The van der Waals surface area contributed by atoms with E-state index >= 15 is 0 Å².